The molecule has 2 fully saturated rings. The zero-order chi connectivity index (χ0) is 23.7. The number of amides is 1. The molecule has 2 aromatic heterocycles. The van der Waals surface area contributed by atoms with Gasteiger partial charge in [-0.25, -0.2) is 4.39 Å². The van der Waals surface area contributed by atoms with Gasteiger partial charge < -0.3 is 14.7 Å². The normalized spacial score (nSPS) is 21.8. The van der Waals surface area contributed by atoms with Crippen molar-refractivity contribution in [1.82, 2.24) is 15.4 Å². The second-order valence-corrected chi connectivity index (χ2v) is 11.3. The smallest absolute Gasteiger partial charge is 0.261 e. The molecule has 10 heteroatoms. The first kappa shape index (κ1) is 23.9. The molecular weight excluding hydrogens is 498 g/mol. The van der Waals surface area contributed by atoms with Crippen LogP contribution in [0.25, 0.3) is 11.0 Å². The van der Waals surface area contributed by atoms with Gasteiger partial charge in [0.15, 0.2) is 11.4 Å². The molecule has 182 valence electrons. The third-order valence-electron chi connectivity index (χ3n) is 7.00. The molecule has 3 heterocycles. The third kappa shape index (κ3) is 5.35. The summed E-state index contributed by atoms with van der Waals surface area (Å²) in [5.74, 6) is 0.941. The van der Waals surface area contributed by atoms with E-state index >= 15 is 0 Å². The topological polar surface area (TPSA) is 61.6 Å². The van der Waals surface area contributed by atoms with Crippen LogP contribution >= 0.6 is 34.5 Å². The summed E-state index contributed by atoms with van der Waals surface area (Å²) >= 11 is 13.2. The molecule has 1 saturated heterocycles. The van der Waals surface area contributed by atoms with E-state index < -0.39 is 5.82 Å². The number of carbonyl (C=O) groups excluding carboxylic acids is 1. The van der Waals surface area contributed by atoms with Crippen LogP contribution in [0.2, 0.25) is 9.36 Å². The number of nitrogens with zero attached hydrogens (tertiary/aromatic N) is 3. The van der Waals surface area contributed by atoms with E-state index in [1.807, 2.05) is 0 Å². The van der Waals surface area contributed by atoms with Crippen molar-refractivity contribution in [2.45, 2.75) is 38.1 Å². The van der Waals surface area contributed by atoms with Crippen LogP contribution in [0.15, 0.2) is 28.8 Å². The van der Waals surface area contributed by atoms with Gasteiger partial charge in [0.2, 0.25) is 0 Å². The van der Waals surface area contributed by atoms with Gasteiger partial charge in [0.05, 0.1) is 19.6 Å². The molecule has 0 radical (unpaired) electrons. The maximum Gasteiger partial charge on any atom is 0.261 e. The van der Waals surface area contributed by atoms with E-state index in [0.29, 0.717) is 20.7 Å². The summed E-state index contributed by atoms with van der Waals surface area (Å²) in [7, 11) is 0. The SMILES string of the molecule is O=C(NC1CCC(CCN2CCN(c3noc4cc(F)c(Cl)cc34)CC2)CC1)c1ccc(Cl)s1. The van der Waals surface area contributed by atoms with Gasteiger partial charge in [0, 0.05) is 38.3 Å². The Morgan fingerprint density at radius 1 is 1.15 bits per heavy atom. The Bertz CT molecular complexity index is 1150. The molecule has 0 bridgehead atoms. The number of aromatic nitrogens is 1. The molecule has 1 aliphatic heterocycles. The average molecular weight is 525 g/mol. The molecule has 0 unspecified atom stereocenters. The highest BCUT2D eigenvalue weighted by Crippen LogP contribution is 2.32. The van der Waals surface area contributed by atoms with Gasteiger partial charge >= 0.3 is 0 Å². The fourth-order valence-corrected chi connectivity index (χ4v) is 6.10. The van der Waals surface area contributed by atoms with Gasteiger partial charge in [-0.2, -0.15) is 0 Å². The monoisotopic (exact) mass is 524 g/mol. The van der Waals surface area contributed by atoms with E-state index in [4.69, 9.17) is 27.7 Å². The first-order valence-corrected chi connectivity index (χ1v) is 13.3. The minimum absolute atomic E-state index is 0.00878. The highest BCUT2D eigenvalue weighted by molar-refractivity contribution is 7.18. The summed E-state index contributed by atoms with van der Waals surface area (Å²) in [6.07, 6.45) is 5.55. The summed E-state index contributed by atoms with van der Waals surface area (Å²) in [4.78, 5) is 17.7. The predicted molar refractivity (Wildman–Crippen MR) is 135 cm³/mol. The summed E-state index contributed by atoms with van der Waals surface area (Å²) in [5.41, 5.74) is 0.422. The quantitative estimate of drug-likeness (QED) is 0.439. The lowest BCUT2D eigenvalue weighted by molar-refractivity contribution is 0.0924. The van der Waals surface area contributed by atoms with Crippen LogP contribution in [-0.2, 0) is 0 Å². The highest BCUT2D eigenvalue weighted by Gasteiger charge is 2.26. The second kappa shape index (κ2) is 10.4. The standard InChI is InChI=1S/C24H27Cl2FN4O2S/c25-18-13-17-20(14-19(18)27)33-29-23(17)31-11-9-30(10-12-31)8-7-15-1-3-16(4-2-15)28-24(32)21-5-6-22(26)34-21/h5-6,13-16H,1-4,7-12H2,(H,28,32). The molecule has 3 aromatic rings. The van der Waals surface area contributed by atoms with Crippen LogP contribution in [0.3, 0.4) is 0 Å². The van der Waals surface area contributed by atoms with Crippen LogP contribution in [0, 0.1) is 11.7 Å². The Morgan fingerprint density at radius 3 is 2.62 bits per heavy atom. The van der Waals surface area contributed by atoms with E-state index in [9.17, 15) is 9.18 Å². The molecule has 1 amide bonds. The summed E-state index contributed by atoms with van der Waals surface area (Å²) in [6.45, 7) is 4.69. The molecule has 6 nitrogen and oxygen atoms in total. The number of anilines is 1. The lowest BCUT2D eigenvalue weighted by atomic mass is 9.84. The van der Waals surface area contributed by atoms with E-state index in [1.165, 1.54) is 23.8 Å². The fraction of sp³-hybridized carbons (Fsp3) is 0.500. The van der Waals surface area contributed by atoms with Crippen molar-refractivity contribution in [2.75, 3.05) is 37.6 Å². The molecule has 0 spiro atoms. The first-order chi connectivity index (χ1) is 16.5. The van der Waals surface area contributed by atoms with Gasteiger partial charge in [0.25, 0.3) is 5.91 Å². The van der Waals surface area contributed by atoms with Crippen LogP contribution in [-0.4, -0.2) is 54.7 Å². The molecule has 1 N–H and O–H groups in total. The highest BCUT2D eigenvalue weighted by atomic mass is 35.5. The number of hydrogen-bond donors (Lipinski definition) is 1. The Hall–Kier alpha value is -1.87. The predicted octanol–water partition coefficient (Wildman–Crippen LogP) is 5.84. The van der Waals surface area contributed by atoms with E-state index in [1.54, 1.807) is 18.2 Å². The number of thiophene rings is 1. The zero-order valence-electron chi connectivity index (χ0n) is 18.7. The van der Waals surface area contributed by atoms with Crippen LogP contribution < -0.4 is 10.2 Å². The van der Waals surface area contributed by atoms with Gasteiger partial charge in [-0.15, -0.1) is 11.3 Å². The van der Waals surface area contributed by atoms with Crippen molar-refractivity contribution in [1.29, 1.82) is 0 Å². The Balaban J connectivity index is 1.04. The number of halogens is 3. The van der Waals surface area contributed by atoms with E-state index in [0.717, 1.165) is 69.6 Å². The van der Waals surface area contributed by atoms with E-state index in [2.05, 4.69) is 20.3 Å². The fourth-order valence-electron chi connectivity index (χ4n) is 4.99. The van der Waals surface area contributed by atoms with Gasteiger partial charge in [-0.3, -0.25) is 9.69 Å². The minimum atomic E-state index is -0.495. The van der Waals surface area contributed by atoms with Crippen molar-refractivity contribution in [2.24, 2.45) is 5.92 Å². The lowest BCUT2D eigenvalue weighted by Crippen LogP contribution is -2.47. The van der Waals surface area contributed by atoms with Crippen molar-refractivity contribution >= 4 is 57.2 Å². The number of hydrogen-bond acceptors (Lipinski definition) is 6. The molecule has 1 saturated carbocycles. The molecule has 5 rings (SSSR count). The molecular formula is C24H27Cl2FN4O2S. The Morgan fingerprint density at radius 2 is 1.91 bits per heavy atom. The number of fused-ring (bicyclic) bond motifs is 1. The summed E-state index contributed by atoms with van der Waals surface area (Å²) < 4.78 is 19.6. The molecule has 34 heavy (non-hydrogen) atoms. The number of benzene rings is 1. The minimum Gasteiger partial charge on any atom is -0.354 e. The van der Waals surface area contributed by atoms with Crippen LogP contribution in [0.4, 0.5) is 10.2 Å². The Kier molecular flexibility index (Phi) is 7.30. The number of rotatable bonds is 6. The Labute approximate surface area is 212 Å². The van der Waals surface area contributed by atoms with Crippen molar-refractivity contribution < 1.29 is 13.7 Å². The zero-order valence-corrected chi connectivity index (χ0v) is 21.1. The maximum absolute atomic E-state index is 13.7. The van der Waals surface area contributed by atoms with Crippen molar-refractivity contribution in [3.63, 3.8) is 0 Å². The van der Waals surface area contributed by atoms with Crippen LogP contribution in [0.5, 0.6) is 0 Å². The summed E-state index contributed by atoms with van der Waals surface area (Å²) in [6, 6.07) is 6.70. The summed E-state index contributed by atoms with van der Waals surface area (Å²) in [5, 5.41) is 8.17. The van der Waals surface area contributed by atoms with Crippen molar-refractivity contribution in [3.8, 4) is 0 Å². The third-order valence-corrected chi connectivity index (χ3v) is 8.52. The van der Waals surface area contributed by atoms with E-state index in [-0.39, 0.29) is 17.0 Å². The van der Waals surface area contributed by atoms with Gasteiger partial charge in [0.1, 0.15) is 5.82 Å². The van der Waals surface area contributed by atoms with Gasteiger partial charge in [-0.05, 0) is 62.8 Å². The molecule has 1 aromatic carbocycles. The second-order valence-electron chi connectivity index (χ2n) is 9.18. The largest absolute Gasteiger partial charge is 0.354 e. The number of piperazine rings is 1. The average Bonchev–Trinajstić information content (AvgIpc) is 3.45. The number of carbonyl (C=O) groups is 1. The van der Waals surface area contributed by atoms with Crippen LogP contribution in [0.1, 0.15) is 41.8 Å². The molecule has 1 aliphatic carbocycles. The number of nitrogens with one attached hydrogen (secondary N) is 1. The first-order valence-electron chi connectivity index (χ1n) is 11.7. The molecule has 2 aliphatic rings. The molecule has 0 atom stereocenters. The lowest BCUT2D eigenvalue weighted by Gasteiger charge is -2.36. The van der Waals surface area contributed by atoms with Gasteiger partial charge in [-0.1, -0.05) is 28.4 Å². The van der Waals surface area contributed by atoms with Crippen molar-refractivity contribution in [3.05, 3.63) is 44.3 Å². The maximum atomic E-state index is 13.7.